The second kappa shape index (κ2) is 6.99. The van der Waals surface area contributed by atoms with Crippen molar-refractivity contribution < 1.29 is 14.6 Å². The highest BCUT2D eigenvalue weighted by molar-refractivity contribution is 7.98. The summed E-state index contributed by atoms with van der Waals surface area (Å²) in [4.78, 5) is 14.5. The van der Waals surface area contributed by atoms with Crippen molar-refractivity contribution in [1.29, 1.82) is 0 Å². The van der Waals surface area contributed by atoms with Gasteiger partial charge in [-0.25, -0.2) is 0 Å². The van der Waals surface area contributed by atoms with Crippen molar-refractivity contribution in [3.05, 3.63) is 23.8 Å². The van der Waals surface area contributed by atoms with Crippen LogP contribution in [0.1, 0.15) is 24.8 Å². The molecule has 0 aliphatic carbocycles. The molecule has 1 heterocycles. The van der Waals surface area contributed by atoms with Crippen LogP contribution in [0.3, 0.4) is 0 Å². The van der Waals surface area contributed by atoms with Gasteiger partial charge in [0.15, 0.2) is 0 Å². The zero-order valence-corrected chi connectivity index (χ0v) is 12.8. The molecular weight excluding hydrogens is 274 g/mol. The Morgan fingerprint density at radius 1 is 1.50 bits per heavy atom. The maximum atomic E-state index is 11.3. The molecule has 0 bridgehead atoms. The minimum atomic E-state index is -0.711. The largest absolute Gasteiger partial charge is 0.496 e. The van der Waals surface area contributed by atoms with Crippen molar-refractivity contribution in [1.82, 2.24) is 4.90 Å². The van der Waals surface area contributed by atoms with E-state index in [0.29, 0.717) is 6.54 Å². The molecule has 1 aromatic rings. The first-order valence-corrected chi connectivity index (χ1v) is 8.06. The van der Waals surface area contributed by atoms with E-state index in [9.17, 15) is 9.90 Å². The molecule has 20 heavy (non-hydrogen) atoms. The van der Waals surface area contributed by atoms with Gasteiger partial charge >= 0.3 is 5.97 Å². The maximum absolute atomic E-state index is 11.3. The van der Waals surface area contributed by atoms with Gasteiger partial charge in [0.2, 0.25) is 0 Å². The third-order valence-electron chi connectivity index (χ3n) is 3.73. The van der Waals surface area contributed by atoms with Gasteiger partial charge in [0.05, 0.1) is 7.11 Å². The average Bonchev–Trinajstić information content (AvgIpc) is 2.47. The van der Waals surface area contributed by atoms with Gasteiger partial charge in [0, 0.05) is 11.4 Å². The Labute approximate surface area is 124 Å². The molecule has 1 fully saturated rings. The van der Waals surface area contributed by atoms with Crippen molar-refractivity contribution in [3.8, 4) is 5.75 Å². The van der Waals surface area contributed by atoms with Crippen LogP contribution in [0.15, 0.2) is 23.1 Å². The van der Waals surface area contributed by atoms with E-state index in [1.165, 1.54) is 0 Å². The number of thioether (sulfide) groups is 1. The molecule has 0 amide bonds. The van der Waals surface area contributed by atoms with Crippen LogP contribution in [0.5, 0.6) is 5.75 Å². The minimum absolute atomic E-state index is 0.352. The molecule has 1 saturated heterocycles. The zero-order valence-electron chi connectivity index (χ0n) is 12.0. The molecule has 1 unspecified atom stereocenters. The lowest BCUT2D eigenvalue weighted by Gasteiger charge is -2.32. The highest BCUT2D eigenvalue weighted by Crippen LogP contribution is 2.29. The number of hydrogen-bond donors (Lipinski definition) is 1. The molecule has 1 aromatic carbocycles. The fourth-order valence-corrected chi connectivity index (χ4v) is 3.22. The molecule has 0 radical (unpaired) electrons. The van der Waals surface area contributed by atoms with Gasteiger partial charge in [-0.3, -0.25) is 9.69 Å². The number of methoxy groups -OCH3 is 1. The predicted octanol–water partition coefficient (Wildman–Crippen LogP) is 2.86. The van der Waals surface area contributed by atoms with Crippen molar-refractivity contribution in [2.24, 2.45) is 0 Å². The first-order valence-electron chi connectivity index (χ1n) is 6.83. The first kappa shape index (κ1) is 15.2. The summed E-state index contributed by atoms with van der Waals surface area (Å²) in [7, 11) is 1.67. The summed E-state index contributed by atoms with van der Waals surface area (Å²) in [6, 6.07) is 5.76. The second-order valence-corrected chi connectivity index (χ2v) is 5.86. The number of carboxylic acids is 1. The van der Waals surface area contributed by atoms with E-state index in [1.54, 1.807) is 18.9 Å². The van der Waals surface area contributed by atoms with E-state index < -0.39 is 5.97 Å². The van der Waals surface area contributed by atoms with Gasteiger partial charge in [-0.1, -0.05) is 12.5 Å². The number of hydrogen-bond acceptors (Lipinski definition) is 4. The number of aliphatic carboxylic acids is 1. The summed E-state index contributed by atoms with van der Waals surface area (Å²) < 4.78 is 5.38. The van der Waals surface area contributed by atoms with Crippen LogP contribution in [0.25, 0.3) is 0 Å². The lowest BCUT2D eigenvalue weighted by molar-refractivity contribution is -0.144. The van der Waals surface area contributed by atoms with Crippen LogP contribution in [0.2, 0.25) is 0 Å². The lowest BCUT2D eigenvalue weighted by atomic mass is 10.0. The molecule has 1 atom stereocenters. The van der Waals surface area contributed by atoms with E-state index in [1.807, 2.05) is 18.4 Å². The van der Waals surface area contributed by atoms with E-state index in [-0.39, 0.29) is 6.04 Å². The topological polar surface area (TPSA) is 49.8 Å². The van der Waals surface area contributed by atoms with Crippen LogP contribution in [0.4, 0.5) is 0 Å². The Bertz CT molecular complexity index is 478. The van der Waals surface area contributed by atoms with Crippen molar-refractivity contribution in [3.63, 3.8) is 0 Å². The normalized spacial score (nSPS) is 19.8. The zero-order chi connectivity index (χ0) is 14.5. The number of ether oxygens (including phenoxy) is 1. The van der Waals surface area contributed by atoms with Crippen LogP contribution in [0, 0.1) is 0 Å². The van der Waals surface area contributed by atoms with Crippen molar-refractivity contribution in [2.45, 2.75) is 36.7 Å². The number of likely N-dealkylation sites (tertiary alicyclic amines) is 1. The molecule has 1 aliphatic heterocycles. The van der Waals surface area contributed by atoms with E-state index in [2.05, 4.69) is 11.0 Å². The third-order valence-corrected chi connectivity index (χ3v) is 4.51. The maximum Gasteiger partial charge on any atom is 0.320 e. The number of carboxylic acid groups (broad SMARTS) is 1. The van der Waals surface area contributed by atoms with Crippen LogP contribution in [-0.2, 0) is 11.3 Å². The van der Waals surface area contributed by atoms with Gasteiger partial charge < -0.3 is 9.84 Å². The summed E-state index contributed by atoms with van der Waals surface area (Å²) in [5.41, 5.74) is 1.10. The average molecular weight is 295 g/mol. The second-order valence-electron chi connectivity index (χ2n) is 5.01. The van der Waals surface area contributed by atoms with Crippen molar-refractivity contribution >= 4 is 17.7 Å². The quantitative estimate of drug-likeness (QED) is 0.847. The summed E-state index contributed by atoms with van der Waals surface area (Å²) in [5.74, 6) is 0.149. The smallest absolute Gasteiger partial charge is 0.320 e. The molecule has 0 aromatic heterocycles. The van der Waals surface area contributed by atoms with Crippen LogP contribution >= 0.6 is 11.8 Å². The number of carbonyl (C=O) groups is 1. The summed E-state index contributed by atoms with van der Waals surface area (Å²) in [5, 5.41) is 9.30. The fourth-order valence-electron chi connectivity index (χ4n) is 2.67. The van der Waals surface area contributed by atoms with Gasteiger partial charge in [-0.2, -0.15) is 0 Å². The summed E-state index contributed by atoms with van der Waals surface area (Å²) in [6.07, 6.45) is 4.84. The van der Waals surface area contributed by atoms with Gasteiger partial charge in [0.25, 0.3) is 0 Å². The molecule has 1 aliphatic rings. The number of rotatable bonds is 5. The molecule has 0 spiro atoms. The number of nitrogens with zero attached hydrogens (tertiary/aromatic N) is 1. The lowest BCUT2D eigenvalue weighted by Crippen LogP contribution is -2.43. The molecule has 5 heteroatoms. The number of benzene rings is 1. The van der Waals surface area contributed by atoms with Gasteiger partial charge in [-0.05, 0) is 43.3 Å². The van der Waals surface area contributed by atoms with E-state index in [0.717, 1.165) is 42.0 Å². The highest BCUT2D eigenvalue weighted by atomic mass is 32.2. The van der Waals surface area contributed by atoms with Gasteiger partial charge in [-0.15, -0.1) is 11.8 Å². The Morgan fingerprint density at radius 2 is 2.30 bits per heavy atom. The SMILES string of the molecule is COc1cc(CN2CCCCC2C(=O)O)ccc1SC. The first-order chi connectivity index (χ1) is 9.65. The Kier molecular flexibility index (Phi) is 5.31. The fraction of sp³-hybridized carbons (Fsp3) is 0.533. The minimum Gasteiger partial charge on any atom is -0.496 e. The summed E-state index contributed by atoms with van der Waals surface area (Å²) >= 11 is 1.65. The molecule has 110 valence electrons. The highest BCUT2D eigenvalue weighted by Gasteiger charge is 2.28. The Morgan fingerprint density at radius 3 is 2.95 bits per heavy atom. The Balaban J connectivity index is 2.13. The summed E-state index contributed by atoms with van der Waals surface area (Å²) in [6.45, 7) is 1.52. The van der Waals surface area contributed by atoms with E-state index >= 15 is 0 Å². The molecule has 1 N–H and O–H groups in total. The molecular formula is C15H21NO3S. The molecule has 2 rings (SSSR count). The van der Waals surface area contributed by atoms with Crippen LogP contribution in [-0.4, -0.2) is 41.9 Å². The molecule has 0 saturated carbocycles. The Hall–Kier alpha value is -1.20. The standard InChI is InChI=1S/C15H21NO3S/c1-19-13-9-11(6-7-14(13)20-2)10-16-8-4-3-5-12(16)15(17)18/h6-7,9,12H,3-5,8,10H2,1-2H3,(H,17,18). The third kappa shape index (κ3) is 3.46. The predicted molar refractivity (Wildman–Crippen MR) is 80.5 cm³/mol. The number of piperidine rings is 1. The van der Waals surface area contributed by atoms with E-state index in [4.69, 9.17) is 4.74 Å². The van der Waals surface area contributed by atoms with Crippen LogP contribution < -0.4 is 4.74 Å². The van der Waals surface area contributed by atoms with Crippen molar-refractivity contribution in [2.75, 3.05) is 19.9 Å². The molecule has 4 nitrogen and oxygen atoms in total. The van der Waals surface area contributed by atoms with Gasteiger partial charge in [0.1, 0.15) is 11.8 Å². The monoisotopic (exact) mass is 295 g/mol.